The molecule has 2 aromatic carbocycles. The molecule has 0 bridgehead atoms. The lowest BCUT2D eigenvalue weighted by molar-refractivity contribution is -0.127. The quantitative estimate of drug-likeness (QED) is 0.116. The van der Waals surface area contributed by atoms with E-state index < -0.39 is 53.3 Å². The number of ether oxygens (including phenoxy) is 2. The van der Waals surface area contributed by atoms with Crippen LogP contribution in [0.1, 0.15) is 64.0 Å². The zero-order valence-electron chi connectivity index (χ0n) is 30.1. The van der Waals surface area contributed by atoms with Gasteiger partial charge in [0.2, 0.25) is 5.91 Å². The van der Waals surface area contributed by atoms with E-state index in [1.807, 2.05) is 93.6 Å². The Morgan fingerprint density at radius 3 is 2.12 bits per heavy atom. The Labute approximate surface area is 304 Å². The number of benzene rings is 2. The molecule has 4 aromatic rings. The van der Waals surface area contributed by atoms with Crippen molar-refractivity contribution in [2.45, 2.75) is 97.2 Å². The van der Waals surface area contributed by atoms with Gasteiger partial charge in [0.25, 0.3) is 0 Å². The molecule has 0 radical (unpaired) electrons. The van der Waals surface area contributed by atoms with E-state index in [4.69, 9.17) is 9.47 Å². The van der Waals surface area contributed by atoms with E-state index in [9.17, 15) is 19.5 Å². The summed E-state index contributed by atoms with van der Waals surface area (Å²) in [6, 6.07) is 20.8. The van der Waals surface area contributed by atoms with Crippen LogP contribution in [0.25, 0.3) is 11.3 Å². The Bertz CT molecular complexity index is 1670. The summed E-state index contributed by atoms with van der Waals surface area (Å²) in [5.74, 6) is -0.473. The molecule has 3 unspecified atom stereocenters. The van der Waals surface area contributed by atoms with Crippen LogP contribution in [0.2, 0.25) is 0 Å². The zero-order valence-corrected chi connectivity index (χ0v) is 30.9. The van der Waals surface area contributed by atoms with Crippen LogP contribution >= 0.6 is 11.3 Å². The number of alkyl carbamates (subject to hydrolysis) is 2. The van der Waals surface area contributed by atoms with Crippen LogP contribution in [-0.2, 0) is 33.7 Å². The maximum Gasteiger partial charge on any atom is 0.408 e. The number of aromatic nitrogens is 2. The first-order chi connectivity index (χ1) is 24.2. The van der Waals surface area contributed by atoms with Gasteiger partial charge in [0.1, 0.15) is 18.2 Å². The Kier molecular flexibility index (Phi) is 13.7. The SMILES string of the molecule is CC(C)(C)OC(=O)NC(Cc1ccc(-c2ccccn2)cc1)CC(O)C(Cc1ccccc1)NC(=O)[C@@H](NC(=O)OCc1cncs1)C(C)(C)C. The van der Waals surface area contributed by atoms with Crippen molar-refractivity contribution in [1.29, 1.82) is 0 Å². The second-order valence-corrected chi connectivity index (χ2v) is 15.5. The largest absolute Gasteiger partial charge is 0.444 e. The van der Waals surface area contributed by atoms with E-state index in [1.54, 1.807) is 38.7 Å². The average Bonchev–Trinajstić information content (AvgIpc) is 3.59. The predicted molar refractivity (Wildman–Crippen MR) is 198 cm³/mol. The molecule has 0 fully saturated rings. The molecule has 2 heterocycles. The molecule has 0 saturated carbocycles. The van der Waals surface area contributed by atoms with E-state index in [2.05, 4.69) is 25.9 Å². The minimum Gasteiger partial charge on any atom is -0.444 e. The Balaban J connectivity index is 1.54. The first-order valence-electron chi connectivity index (χ1n) is 17.0. The van der Waals surface area contributed by atoms with Crippen molar-refractivity contribution in [3.8, 4) is 11.3 Å². The average molecular weight is 716 g/mol. The number of carbonyl (C=O) groups is 3. The lowest BCUT2D eigenvalue weighted by Gasteiger charge is -2.34. The number of hydrogen-bond acceptors (Lipinski definition) is 9. The van der Waals surface area contributed by atoms with Crippen LogP contribution < -0.4 is 16.0 Å². The zero-order chi connectivity index (χ0) is 37.0. The molecule has 4 rings (SSSR count). The highest BCUT2D eigenvalue weighted by Gasteiger charge is 2.36. The van der Waals surface area contributed by atoms with Crippen LogP contribution in [0.15, 0.2) is 90.7 Å². The van der Waals surface area contributed by atoms with Crippen molar-refractivity contribution in [1.82, 2.24) is 25.9 Å². The number of nitrogens with zero attached hydrogens (tertiary/aromatic N) is 2. The predicted octanol–water partition coefficient (Wildman–Crippen LogP) is 6.46. The van der Waals surface area contributed by atoms with Crippen LogP contribution in [-0.4, -0.2) is 63.0 Å². The van der Waals surface area contributed by atoms with Crippen molar-refractivity contribution < 1.29 is 29.0 Å². The second-order valence-electron chi connectivity index (χ2n) is 14.6. The number of nitrogens with one attached hydrogen (secondary N) is 3. The lowest BCUT2D eigenvalue weighted by Crippen LogP contribution is -2.58. The Hall–Kier alpha value is -4.81. The maximum atomic E-state index is 13.9. The third kappa shape index (κ3) is 13.1. The summed E-state index contributed by atoms with van der Waals surface area (Å²) in [5.41, 5.74) is 3.85. The van der Waals surface area contributed by atoms with E-state index >= 15 is 0 Å². The van der Waals surface area contributed by atoms with Gasteiger partial charge in [-0.15, -0.1) is 11.3 Å². The third-order valence-corrected chi connectivity index (χ3v) is 8.71. The Morgan fingerprint density at radius 2 is 1.51 bits per heavy atom. The van der Waals surface area contributed by atoms with E-state index in [0.29, 0.717) is 12.8 Å². The van der Waals surface area contributed by atoms with E-state index in [0.717, 1.165) is 27.3 Å². The summed E-state index contributed by atoms with van der Waals surface area (Å²) >= 11 is 1.36. The van der Waals surface area contributed by atoms with Crippen molar-refractivity contribution in [2.75, 3.05) is 0 Å². The van der Waals surface area contributed by atoms with Gasteiger partial charge in [-0.05, 0) is 68.7 Å². The molecule has 272 valence electrons. The van der Waals surface area contributed by atoms with Gasteiger partial charge in [-0.2, -0.15) is 0 Å². The van der Waals surface area contributed by atoms with Crippen LogP contribution in [0, 0.1) is 5.41 Å². The fraction of sp³-hybridized carbons (Fsp3) is 0.410. The van der Waals surface area contributed by atoms with Gasteiger partial charge in [-0.25, -0.2) is 9.59 Å². The smallest absolute Gasteiger partial charge is 0.408 e. The maximum absolute atomic E-state index is 13.9. The van der Waals surface area contributed by atoms with Gasteiger partial charge in [-0.3, -0.25) is 14.8 Å². The van der Waals surface area contributed by atoms with Crippen molar-refractivity contribution in [2.24, 2.45) is 5.41 Å². The molecule has 4 N–H and O–H groups in total. The summed E-state index contributed by atoms with van der Waals surface area (Å²) in [5, 5.41) is 20.5. The second kappa shape index (κ2) is 17.9. The number of amides is 3. The fourth-order valence-electron chi connectivity index (χ4n) is 5.46. The number of pyridine rings is 1. The number of hydrogen-bond donors (Lipinski definition) is 4. The van der Waals surface area contributed by atoms with Gasteiger partial charge in [0.15, 0.2) is 0 Å². The van der Waals surface area contributed by atoms with Crippen LogP contribution in [0.3, 0.4) is 0 Å². The first kappa shape index (κ1) is 39.0. The molecule has 0 aliphatic rings. The minimum atomic E-state index is -1.10. The summed E-state index contributed by atoms with van der Waals surface area (Å²) < 4.78 is 10.9. The van der Waals surface area contributed by atoms with Crippen LogP contribution in [0.5, 0.6) is 0 Å². The number of aliphatic hydroxyl groups excluding tert-OH is 1. The minimum absolute atomic E-state index is 0.0300. The van der Waals surface area contributed by atoms with Crippen molar-refractivity contribution in [3.05, 3.63) is 107 Å². The van der Waals surface area contributed by atoms with Gasteiger partial charge in [0.05, 0.1) is 28.2 Å². The summed E-state index contributed by atoms with van der Waals surface area (Å²) in [6.07, 6.45) is 1.71. The first-order valence-corrected chi connectivity index (χ1v) is 17.9. The molecule has 51 heavy (non-hydrogen) atoms. The van der Waals surface area contributed by atoms with Gasteiger partial charge in [0, 0.05) is 24.0 Å². The van der Waals surface area contributed by atoms with E-state index in [-0.39, 0.29) is 13.0 Å². The van der Waals surface area contributed by atoms with Crippen molar-refractivity contribution in [3.63, 3.8) is 0 Å². The molecule has 12 heteroatoms. The molecule has 3 amide bonds. The van der Waals surface area contributed by atoms with E-state index in [1.165, 1.54) is 11.3 Å². The normalized spacial score (nSPS) is 14.0. The Morgan fingerprint density at radius 1 is 0.824 bits per heavy atom. The summed E-state index contributed by atoms with van der Waals surface area (Å²) in [7, 11) is 0. The highest BCUT2D eigenvalue weighted by Crippen LogP contribution is 2.23. The molecule has 2 aromatic heterocycles. The van der Waals surface area contributed by atoms with Gasteiger partial charge >= 0.3 is 12.2 Å². The number of rotatable bonds is 14. The molecule has 4 atom stereocenters. The summed E-state index contributed by atoms with van der Waals surface area (Å²) in [6.45, 7) is 10.9. The lowest BCUT2D eigenvalue weighted by atomic mass is 9.85. The monoisotopic (exact) mass is 715 g/mol. The summed E-state index contributed by atoms with van der Waals surface area (Å²) in [4.78, 5) is 48.9. The standard InChI is InChI=1S/C39H49N5O6S/c1-38(2,3)34(44-36(47)49-24-30-23-40-25-51-30)35(46)43-32(21-26-12-8-7-9-13-26)33(45)22-29(42-37(48)50-39(4,5)6)20-27-15-17-28(18-16-27)31-14-10-11-19-41-31/h7-19,23,25,29,32-34,45H,20-22,24H2,1-6H3,(H,42,48)(H,43,46)(H,44,47)/t29?,32?,33?,34-/m1/s1. The van der Waals surface area contributed by atoms with Crippen LogP contribution in [0.4, 0.5) is 9.59 Å². The van der Waals surface area contributed by atoms with Gasteiger partial charge < -0.3 is 30.5 Å². The topological polar surface area (TPSA) is 152 Å². The molecular formula is C39H49N5O6S. The molecule has 11 nitrogen and oxygen atoms in total. The highest BCUT2D eigenvalue weighted by molar-refractivity contribution is 7.09. The number of thiazole rings is 1. The fourth-order valence-corrected chi connectivity index (χ4v) is 5.96. The third-order valence-electron chi connectivity index (χ3n) is 7.95. The molecular weight excluding hydrogens is 667 g/mol. The van der Waals surface area contributed by atoms with Crippen molar-refractivity contribution >= 4 is 29.4 Å². The molecule has 0 aliphatic carbocycles. The van der Waals surface area contributed by atoms with Gasteiger partial charge in [-0.1, -0.05) is 81.4 Å². The highest BCUT2D eigenvalue weighted by atomic mass is 32.1. The number of carbonyl (C=O) groups excluding carboxylic acids is 3. The number of aliphatic hydroxyl groups is 1. The molecule has 0 aliphatic heterocycles. The molecule has 0 spiro atoms. The molecule has 0 saturated heterocycles.